The molecule has 2 fully saturated rings. The summed E-state index contributed by atoms with van der Waals surface area (Å²) in [7, 11) is 3.00. The monoisotopic (exact) mass is 423 g/mol. The van der Waals surface area contributed by atoms with E-state index in [9.17, 15) is 14.4 Å². The number of nitrogens with one attached hydrogen (secondary N) is 1. The van der Waals surface area contributed by atoms with Crippen molar-refractivity contribution in [3.8, 4) is 11.5 Å². The Kier molecular flexibility index (Phi) is 6.84. The molecule has 1 aromatic rings. The van der Waals surface area contributed by atoms with Gasteiger partial charge in [-0.2, -0.15) is 0 Å². The minimum Gasteiger partial charge on any atom is -0.495 e. The molecule has 1 atom stereocenters. The quantitative estimate of drug-likeness (QED) is 0.644. The number of nitrogens with zero attached hydrogens (tertiary/aromatic N) is 2. The highest BCUT2D eigenvalue weighted by Crippen LogP contribution is 2.40. The Hall–Kier alpha value is -2.48. The van der Waals surface area contributed by atoms with Gasteiger partial charge in [0.15, 0.2) is 0 Å². The van der Waals surface area contributed by atoms with E-state index >= 15 is 0 Å². The highest BCUT2D eigenvalue weighted by Gasteiger charge is 2.36. The fourth-order valence-corrected chi connectivity index (χ4v) is 3.97. The van der Waals surface area contributed by atoms with Gasteiger partial charge in [0.05, 0.1) is 30.8 Å². The van der Waals surface area contributed by atoms with Crippen LogP contribution in [0.4, 0.5) is 5.69 Å². The lowest BCUT2D eigenvalue weighted by atomic mass is 10.1. The van der Waals surface area contributed by atoms with E-state index in [4.69, 9.17) is 21.1 Å². The third kappa shape index (κ3) is 4.75. The first-order chi connectivity index (χ1) is 13.9. The first-order valence-corrected chi connectivity index (χ1v) is 10.1. The maximum atomic E-state index is 12.5. The zero-order valence-corrected chi connectivity index (χ0v) is 17.5. The SMILES string of the molecule is COc1cc(OC)c(N2C[C@H](C(=O)NCCCN3CCCC3=O)CC2=O)cc1Cl. The van der Waals surface area contributed by atoms with E-state index in [0.717, 1.165) is 13.0 Å². The Bertz CT molecular complexity index is 801. The van der Waals surface area contributed by atoms with Crippen molar-refractivity contribution < 1.29 is 23.9 Å². The van der Waals surface area contributed by atoms with Crippen molar-refractivity contribution in [3.05, 3.63) is 17.2 Å². The van der Waals surface area contributed by atoms with Crippen LogP contribution in [0.15, 0.2) is 12.1 Å². The van der Waals surface area contributed by atoms with Gasteiger partial charge in [0.25, 0.3) is 0 Å². The second-order valence-electron chi connectivity index (χ2n) is 7.19. The number of amides is 3. The molecule has 158 valence electrons. The largest absolute Gasteiger partial charge is 0.495 e. The van der Waals surface area contributed by atoms with Crippen LogP contribution >= 0.6 is 11.6 Å². The van der Waals surface area contributed by atoms with Crippen LogP contribution in [-0.4, -0.2) is 63.0 Å². The van der Waals surface area contributed by atoms with Gasteiger partial charge in [-0.25, -0.2) is 0 Å². The predicted octanol–water partition coefficient (Wildman–Crippen LogP) is 1.84. The Morgan fingerprint density at radius 1 is 1.21 bits per heavy atom. The zero-order valence-electron chi connectivity index (χ0n) is 16.7. The molecule has 0 radical (unpaired) electrons. The third-order valence-corrected chi connectivity index (χ3v) is 5.61. The van der Waals surface area contributed by atoms with E-state index in [1.807, 2.05) is 4.90 Å². The normalized spacial score (nSPS) is 19.1. The summed E-state index contributed by atoms with van der Waals surface area (Å²) < 4.78 is 10.6. The summed E-state index contributed by atoms with van der Waals surface area (Å²) in [6.45, 7) is 2.18. The lowest BCUT2D eigenvalue weighted by molar-refractivity contribution is -0.127. The average Bonchev–Trinajstić information content (AvgIpc) is 3.30. The molecule has 3 amide bonds. The topological polar surface area (TPSA) is 88.2 Å². The summed E-state index contributed by atoms with van der Waals surface area (Å²) in [5, 5.41) is 3.24. The number of carbonyl (C=O) groups is 3. The molecule has 2 heterocycles. The van der Waals surface area contributed by atoms with Crippen molar-refractivity contribution >= 4 is 35.0 Å². The molecule has 0 aromatic heterocycles. The number of anilines is 1. The predicted molar refractivity (Wildman–Crippen MR) is 108 cm³/mol. The van der Waals surface area contributed by atoms with Crippen LogP contribution in [-0.2, 0) is 14.4 Å². The number of benzene rings is 1. The van der Waals surface area contributed by atoms with Crippen LogP contribution < -0.4 is 19.7 Å². The highest BCUT2D eigenvalue weighted by molar-refractivity contribution is 6.32. The van der Waals surface area contributed by atoms with Crippen molar-refractivity contribution in [1.29, 1.82) is 0 Å². The molecule has 0 spiro atoms. The number of likely N-dealkylation sites (tertiary alicyclic amines) is 1. The maximum Gasteiger partial charge on any atom is 0.227 e. The summed E-state index contributed by atoms with van der Waals surface area (Å²) in [5.74, 6) is 0.321. The number of methoxy groups -OCH3 is 2. The summed E-state index contributed by atoms with van der Waals surface area (Å²) in [6.07, 6.45) is 2.35. The van der Waals surface area contributed by atoms with Gasteiger partial charge in [0.2, 0.25) is 17.7 Å². The summed E-state index contributed by atoms with van der Waals surface area (Å²) in [4.78, 5) is 40.0. The van der Waals surface area contributed by atoms with Crippen molar-refractivity contribution in [2.75, 3.05) is 45.3 Å². The van der Waals surface area contributed by atoms with Gasteiger partial charge >= 0.3 is 0 Å². The maximum absolute atomic E-state index is 12.5. The van der Waals surface area contributed by atoms with E-state index in [2.05, 4.69) is 5.32 Å². The Morgan fingerprint density at radius 2 is 1.97 bits per heavy atom. The number of halogens is 1. The zero-order chi connectivity index (χ0) is 21.0. The van der Waals surface area contributed by atoms with Gasteiger partial charge in [-0.3, -0.25) is 14.4 Å². The van der Waals surface area contributed by atoms with Crippen molar-refractivity contribution in [3.63, 3.8) is 0 Å². The fourth-order valence-electron chi connectivity index (χ4n) is 3.74. The molecule has 9 heteroatoms. The number of carbonyl (C=O) groups excluding carboxylic acids is 3. The number of hydrogen-bond acceptors (Lipinski definition) is 5. The molecule has 3 rings (SSSR count). The van der Waals surface area contributed by atoms with Gasteiger partial charge in [0, 0.05) is 45.1 Å². The number of hydrogen-bond donors (Lipinski definition) is 1. The minimum atomic E-state index is -0.443. The Labute approximate surface area is 175 Å². The summed E-state index contributed by atoms with van der Waals surface area (Å²) in [5.41, 5.74) is 0.520. The lowest BCUT2D eigenvalue weighted by Gasteiger charge is -2.21. The second kappa shape index (κ2) is 9.35. The molecule has 2 saturated heterocycles. The molecular formula is C20H26ClN3O5. The molecule has 0 unspecified atom stereocenters. The molecule has 0 saturated carbocycles. The standard InChI is InChI=1S/C20H26ClN3O5/c1-28-16-11-17(29-2)15(10-14(16)21)24-12-13(9-19(24)26)20(27)22-6-4-8-23-7-3-5-18(23)25/h10-11,13H,3-9,12H2,1-2H3,(H,22,27)/t13-/m1/s1. The van der Waals surface area contributed by atoms with Crippen molar-refractivity contribution in [2.45, 2.75) is 25.7 Å². The molecule has 2 aliphatic rings. The third-order valence-electron chi connectivity index (χ3n) is 5.32. The smallest absolute Gasteiger partial charge is 0.227 e. The number of rotatable bonds is 8. The van der Waals surface area contributed by atoms with Crippen LogP contribution in [0, 0.1) is 5.92 Å². The minimum absolute atomic E-state index is 0.128. The first-order valence-electron chi connectivity index (χ1n) is 9.72. The van der Waals surface area contributed by atoms with Gasteiger partial charge in [-0.05, 0) is 18.9 Å². The van der Waals surface area contributed by atoms with Crippen LogP contribution in [0.5, 0.6) is 11.5 Å². The molecule has 0 aliphatic carbocycles. The second-order valence-corrected chi connectivity index (χ2v) is 7.60. The van der Waals surface area contributed by atoms with Crippen LogP contribution in [0.1, 0.15) is 25.7 Å². The van der Waals surface area contributed by atoms with Gasteiger partial charge < -0.3 is 24.6 Å². The summed E-state index contributed by atoms with van der Waals surface area (Å²) in [6, 6.07) is 3.24. The van der Waals surface area contributed by atoms with E-state index in [1.54, 1.807) is 12.1 Å². The summed E-state index contributed by atoms with van der Waals surface area (Å²) >= 11 is 6.21. The van der Waals surface area contributed by atoms with Crippen LogP contribution in [0.3, 0.4) is 0 Å². The van der Waals surface area contributed by atoms with Gasteiger partial charge in [-0.1, -0.05) is 11.6 Å². The lowest BCUT2D eigenvalue weighted by Crippen LogP contribution is -2.35. The highest BCUT2D eigenvalue weighted by atomic mass is 35.5. The van der Waals surface area contributed by atoms with E-state index in [-0.39, 0.29) is 30.7 Å². The van der Waals surface area contributed by atoms with Crippen LogP contribution in [0.2, 0.25) is 5.02 Å². The molecular weight excluding hydrogens is 398 g/mol. The molecule has 29 heavy (non-hydrogen) atoms. The van der Waals surface area contributed by atoms with Gasteiger partial charge in [0.1, 0.15) is 11.5 Å². The Balaban J connectivity index is 1.56. The van der Waals surface area contributed by atoms with Crippen molar-refractivity contribution in [1.82, 2.24) is 10.2 Å². The Morgan fingerprint density at radius 3 is 2.62 bits per heavy atom. The molecule has 1 aromatic carbocycles. The molecule has 8 nitrogen and oxygen atoms in total. The van der Waals surface area contributed by atoms with E-state index < -0.39 is 5.92 Å². The van der Waals surface area contributed by atoms with Crippen molar-refractivity contribution in [2.24, 2.45) is 5.92 Å². The van der Waals surface area contributed by atoms with E-state index in [0.29, 0.717) is 48.1 Å². The van der Waals surface area contributed by atoms with Gasteiger partial charge in [-0.15, -0.1) is 0 Å². The number of ether oxygens (including phenoxy) is 2. The molecule has 1 N–H and O–H groups in total. The first kappa shape index (κ1) is 21.2. The fraction of sp³-hybridized carbons (Fsp3) is 0.550. The molecule has 0 bridgehead atoms. The van der Waals surface area contributed by atoms with E-state index in [1.165, 1.54) is 19.1 Å². The van der Waals surface area contributed by atoms with Crippen LogP contribution in [0.25, 0.3) is 0 Å². The molecule has 2 aliphatic heterocycles. The average molecular weight is 424 g/mol.